The standard InChI is InChI=1S/C26H23Cl2FN2O3S/c27-17-3-1-4-18(28)21(17)22-16(24(34-31-22)14-7-8-14)13-33-15-9-11-26(32,12-10-15)25-30-23-19(29)5-2-6-20(23)35-25/h1-6,14-15,32H,7-13H2/t15-,26+. The molecule has 0 bridgehead atoms. The van der Waals surface area contributed by atoms with E-state index in [1.165, 1.54) is 17.4 Å². The second-order valence-electron chi connectivity index (χ2n) is 9.39. The number of hydrogen-bond acceptors (Lipinski definition) is 6. The van der Waals surface area contributed by atoms with Crippen LogP contribution in [0.2, 0.25) is 10.0 Å². The number of ether oxygens (including phenoxy) is 1. The van der Waals surface area contributed by atoms with Gasteiger partial charge in [0.25, 0.3) is 0 Å². The van der Waals surface area contributed by atoms with Gasteiger partial charge in [0.2, 0.25) is 0 Å². The molecule has 2 fully saturated rings. The fourth-order valence-corrected chi connectivity index (χ4v) is 6.52. The Balaban J connectivity index is 1.18. The third-order valence-electron chi connectivity index (χ3n) is 6.96. The summed E-state index contributed by atoms with van der Waals surface area (Å²) in [7, 11) is 0. The van der Waals surface area contributed by atoms with Crippen molar-refractivity contribution in [3.8, 4) is 11.3 Å². The van der Waals surface area contributed by atoms with E-state index in [1.807, 2.05) is 6.07 Å². The van der Waals surface area contributed by atoms with Gasteiger partial charge in [0.1, 0.15) is 33.4 Å². The first kappa shape index (κ1) is 23.4. The number of aliphatic hydroxyl groups is 1. The van der Waals surface area contributed by atoms with Gasteiger partial charge in [0, 0.05) is 17.0 Å². The molecule has 0 amide bonds. The predicted molar refractivity (Wildman–Crippen MR) is 134 cm³/mol. The van der Waals surface area contributed by atoms with Crippen molar-refractivity contribution >= 4 is 44.8 Å². The summed E-state index contributed by atoms with van der Waals surface area (Å²) in [5, 5.41) is 17.2. The number of thiazole rings is 1. The van der Waals surface area contributed by atoms with Gasteiger partial charge in [-0.25, -0.2) is 9.37 Å². The van der Waals surface area contributed by atoms with Crippen molar-refractivity contribution in [2.45, 2.75) is 62.8 Å². The molecule has 0 spiro atoms. The Hall–Kier alpha value is -2.03. The summed E-state index contributed by atoms with van der Waals surface area (Å²) in [5.41, 5.74) is 1.44. The Labute approximate surface area is 215 Å². The monoisotopic (exact) mass is 532 g/mol. The van der Waals surface area contributed by atoms with E-state index in [0.29, 0.717) is 70.0 Å². The zero-order valence-electron chi connectivity index (χ0n) is 18.8. The molecule has 2 aliphatic rings. The molecule has 1 N–H and O–H groups in total. The van der Waals surface area contributed by atoms with Gasteiger partial charge >= 0.3 is 0 Å². The van der Waals surface area contributed by atoms with E-state index in [-0.39, 0.29) is 11.9 Å². The molecule has 182 valence electrons. The minimum absolute atomic E-state index is 0.0297. The van der Waals surface area contributed by atoms with E-state index in [2.05, 4.69) is 10.1 Å². The number of aromatic nitrogens is 2. The lowest BCUT2D eigenvalue weighted by atomic mass is 9.83. The van der Waals surface area contributed by atoms with Crippen LogP contribution in [0.25, 0.3) is 21.5 Å². The van der Waals surface area contributed by atoms with Crippen molar-refractivity contribution in [1.29, 1.82) is 0 Å². The third-order valence-corrected chi connectivity index (χ3v) is 8.80. The second-order valence-corrected chi connectivity index (χ2v) is 11.2. The quantitative estimate of drug-likeness (QED) is 0.276. The van der Waals surface area contributed by atoms with Crippen molar-refractivity contribution in [2.75, 3.05) is 0 Å². The topological polar surface area (TPSA) is 68.4 Å². The van der Waals surface area contributed by atoms with Crippen molar-refractivity contribution in [1.82, 2.24) is 10.1 Å². The smallest absolute Gasteiger partial charge is 0.150 e. The van der Waals surface area contributed by atoms with E-state index >= 15 is 0 Å². The average Bonchev–Trinajstić information content (AvgIpc) is 3.44. The zero-order valence-corrected chi connectivity index (χ0v) is 21.1. The lowest BCUT2D eigenvalue weighted by molar-refractivity contribution is -0.0641. The highest BCUT2D eigenvalue weighted by Crippen LogP contribution is 2.47. The maximum absolute atomic E-state index is 14.1. The predicted octanol–water partition coefficient (Wildman–Crippen LogP) is 7.62. The summed E-state index contributed by atoms with van der Waals surface area (Å²) >= 11 is 14.3. The van der Waals surface area contributed by atoms with Gasteiger partial charge in [-0.05, 0) is 62.8 Å². The summed E-state index contributed by atoms with van der Waals surface area (Å²) < 4.78 is 26.9. The molecule has 2 saturated carbocycles. The molecule has 35 heavy (non-hydrogen) atoms. The van der Waals surface area contributed by atoms with Crippen LogP contribution in [-0.4, -0.2) is 21.4 Å². The van der Waals surface area contributed by atoms with E-state index in [0.717, 1.165) is 28.9 Å². The molecule has 2 aromatic heterocycles. The fraction of sp³-hybridized carbons (Fsp3) is 0.385. The Kier molecular flexibility index (Phi) is 6.09. The number of hydrogen-bond donors (Lipinski definition) is 1. The first-order chi connectivity index (χ1) is 16.9. The Morgan fingerprint density at radius 2 is 1.80 bits per heavy atom. The highest BCUT2D eigenvalue weighted by Gasteiger charge is 2.39. The van der Waals surface area contributed by atoms with Gasteiger partial charge in [0.05, 0.1) is 27.5 Å². The van der Waals surface area contributed by atoms with Crippen LogP contribution in [0.5, 0.6) is 0 Å². The average molecular weight is 533 g/mol. The molecule has 4 aromatic rings. The molecule has 0 aliphatic heterocycles. The van der Waals surface area contributed by atoms with E-state index in [1.54, 1.807) is 24.3 Å². The summed E-state index contributed by atoms with van der Waals surface area (Å²) in [4.78, 5) is 4.43. The van der Waals surface area contributed by atoms with Crippen LogP contribution in [-0.2, 0) is 16.9 Å². The van der Waals surface area contributed by atoms with Gasteiger partial charge < -0.3 is 14.4 Å². The van der Waals surface area contributed by atoms with Crippen LogP contribution in [0.3, 0.4) is 0 Å². The Morgan fingerprint density at radius 1 is 1.09 bits per heavy atom. The summed E-state index contributed by atoms with van der Waals surface area (Å²) in [6, 6.07) is 10.3. The largest absolute Gasteiger partial charge is 0.383 e. The van der Waals surface area contributed by atoms with Crippen LogP contribution < -0.4 is 0 Å². The first-order valence-electron chi connectivity index (χ1n) is 11.8. The second kappa shape index (κ2) is 9.12. The van der Waals surface area contributed by atoms with Crippen LogP contribution in [0, 0.1) is 5.82 Å². The Bertz CT molecular complexity index is 1370. The minimum Gasteiger partial charge on any atom is -0.383 e. The van der Waals surface area contributed by atoms with Crippen LogP contribution >= 0.6 is 34.5 Å². The highest BCUT2D eigenvalue weighted by molar-refractivity contribution is 7.18. The molecule has 0 atom stereocenters. The number of rotatable bonds is 6. The lowest BCUT2D eigenvalue weighted by Gasteiger charge is -2.34. The van der Waals surface area contributed by atoms with Crippen molar-refractivity contribution in [3.05, 3.63) is 68.6 Å². The summed E-state index contributed by atoms with van der Waals surface area (Å²) in [6.45, 7) is 0.335. The lowest BCUT2D eigenvalue weighted by Crippen LogP contribution is -2.34. The van der Waals surface area contributed by atoms with Gasteiger partial charge in [0.15, 0.2) is 0 Å². The molecule has 5 nitrogen and oxygen atoms in total. The van der Waals surface area contributed by atoms with E-state index in [4.69, 9.17) is 32.5 Å². The minimum atomic E-state index is -1.07. The number of nitrogens with zero attached hydrogens (tertiary/aromatic N) is 2. The zero-order chi connectivity index (χ0) is 24.2. The van der Waals surface area contributed by atoms with Gasteiger partial charge in [-0.1, -0.05) is 40.5 Å². The Morgan fingerprint density at radius 3 is 2.49 bits per heavy atom. The number of benzene rings is 2. The van der Waals surface area contributed by atoms with Gasteiger partial charge in [-0.2, -0.15) is 0 Å². The molecule has 2 aliphatic carbocycles. The number of halogens is 3. The van der Waals surface area contributed by atoms with Gasteiger partial charge in [-0.3, -0.25) is 0 Å². The fourth-order valence-electron chi connectivity index (χ4n) is 4.81. The maximum atomic E-state index is 14.1. The van der Waals surface area contributed by atoms with Crippen LogP contribution in [0.15, 0.2) is 40.9 Å². The molecule has 2 heterocycles. The molecule has 9 heteroatoms. The number of para-hydroxylation sites is 1. The first-order valence-corrected chi connectivity index (χ1v) is 13.3. The van der Waals surface area contributed by atoms with Crippen LogP contribution in [0.4, 0.5) is 4.39 Å². The van der Waals surface area contributed by atoms with Crippen molar-refractivity contribution in [2.24, 2.45) is 0 Å². The summed E-state index contributed by atoms with van der Waals surface area (Å²) in [6.07, 6.45) is 4.44. The summed E-state index contributed by atoms with van der Waals surface area (Å²) in [5.74, 6) is 0.840. The normalized spacial score (nSPS) is 22.7. The molecule has 6 rings (SSSR count). The SMILES string of the molecule is O[C@]1(c2nc3c(F)cccc3s2)CC[C@H](OCc2c(-c3c(Cl)cccc3Cl)noc2C2CC2)CC1. The van der Waals surface area contributed by atoms with E-state index < -0.39 is 5.60 Å². The van der Waals surface area contributed by atoms with E-state index in [9.17, 15) is 9.50 Å². The highest BCUT2D eigenvalue weighted by atomic mass is 35.5. The van der Waals surface area contributed by atoms with Crippen LogP contribution in [0.1, 0.15) is 60.8 Å². The third kappa shape index (κ3) is 4.38. The molecule has 0 unspecified atom stereocenters. The van der Waals surface area contributed by atoms with Crippen molar-refractivity contribution < 1.29 is 18.8 Å². The van der Waals surface area contributed by atoms with Gasteiger partial charge in [-0.15, -0.1) is 11.3 Å². The molecule has 0 radical (unpaired) electrons. The maximum Gasteiger partial charge on any atom is 0.150 e. The molecular formula is C26H23Cl2FN2O3S. The number of fused-ring (bicyclic) bond motifs is 1. The molecule has 0 saturated heterocycles. The van der Waals surface area contributed by atoms with Crippen molar-refractivity contribution in [3.63, 3.8) is 0 Å². The molecular weight excluding hydrogens is 510 g/mol. The molecule has 2 aromatic carbocycles.